The highest BCUT2D eigenvalue weighted by Gasteiger charge is 2.12. The van der Waals surface area contributed by atoms with Crippen LogP contribution >= 0.6 is 0 Å². The first kappa shape index (κ1) is 17.8. The van der Waals surface area contributed by atoms with Crippen molar-refractivity contribution in [3.63, 3.8) is 0 Å². The number of nitrogens with zero attached hydrogens (tertiary/aromatic N) is 3. The van der Waals surface area contributed by atoms with Gasteiger partial charge in [-0.2, -0.15) is 5.10 Å². The number of hydrogen-bond acceptors (Lipinski definition) is 2. The van der Waals surface area contributed by atoms with Crippen molar-refractivity contribution in [2.75, 3.05) is 0 Å². The zero-order valence-electron chi connectivity index (χ0n) is 16.2. The first-order chi connectivity index (χ1) is 13.6. The second-order valence-corrected chi connectivity index (χ2v) is 6.89. The minimum Gasteiger partial charge on any atom is -0.281 e. The topological polar surface area (TPSA) is 39.8 Å². The first-order valence-corrected chi connectivity index (χ1v) is 9.32. The van der Waals surface area contributed by atoms with Gasteiger partial charge >= 0.3 is 0 Å². The fraction of sp³-hybridized carbons (Fsp3) is 0.167. The van der Waals surface area contributed by atoms with E-state index in [-0.39, 0.29) is 5.56 Å². The normalized spacial score (nSPS) is 10.7. The Balaban J connectivity index is 1.96. The molecule has 0 atom stereocenters. The third kappa shape index (κ3) is 3.23. The van der Waals surface area contributed by atoms with Gasteiger partial charge in [-0.25, -0.2) is 0 Å². The van der Waals surface area contributed by atoms with Crippen molar-refractivity contribution < 1.29 is 0 Å². The summed E-state index contributed by atoms with van der Waals surface area (Å²) in [5.41, 5.74) is 4.55. The highest BCUT2D eigenvalue weighted by atomic mass is 16.1. The van der Waals surface area contributed by atoms with Crippen LogP contribution in [0.2, 0.25) is 0 Å². The summed E-state index contributed by atoms with van der Waals surface area (Å²) < 4.78 is 3.52. The lowest BCUT2D eigenvalue weighted by atomic mass is 10.0. The predicted octanol–water partition coefficient (Wildman–Crippen LogP) is 3.99. The minimum absolute atomic E-state index is 0.0331. The molecule has 2 aromatic heterocycles. The Morgan fingerprint density at radius 3 is 2.54 bits per heavy atom. The van der Waals surface area contributed by atoms with Crippen molar-refractivity contribution in [1.82, 2.24) is 14.3 Å². The van der Waals surface area contributed by atoms with E-state index in [1.807, 2.05) is 62.6 Å². The van der Waals surface area contributed by atoms with Gasteiger partial charge < -0.3 is 0 Å². The fourth-order valence-corrected chi connectivity index (χ4v) is 3.38. The molecule has 0 saturated heterocycles. The molecule has 4 heteroatoms. The highest BCUT2D eigenvalue weighted by Crippen LogP contribution is 2.20. The molecule has 0 aliphatic rings. The molecular weight excluding hydrogens is 346 g/mol. The Morgan fingerprint density at radius 1 is 1.07 bits per heavy atom. The van der Waals surface area contributed by atoms with E-state index in [9.17, 15) is 4.79 Å². The first-order valence-electron chi connectivity index (χ1n) is 9.32. The molecule has 4 nitrogen and oxygen atoms in total. The molecule has 4 rings (SSSR count). The molecule has 4 aromatic rings. The molecule has 0 spiro atoms. The lowest BCUT2D eigenvalue weighted by molar-refractivity contribution is 0.767. The number of hydrogen-bond donors (Lipinski definition) is 0. The largest absolute Gasteiger partial charge is 0.281 e. The third-order valence-corrected chi connectivity index (χ3v) is 4.82. The molecule has 2 heterocycles. The molecule has 0 radical (unpaired) electrons. The molecule has 0 aliphatic heterocycles. The van der Waals surface area contributed by atoms with E-state index in [1.165, 1.54) is 5.56 Å². The van der Waals surface area contributed by atoms with E-state index in [1.54, 1.807) is 15.4 Å². The molecular formula is C24H21N3O. The standard InChI is InChI=1S/C24H21N3O/c1-4-21-14-20-7-5-6-19(11-10-18-15-25-26(3)16-18)23(20)24(28)27(21)22-12-8-17(2)9-13-22/h5-9,12-16H,4H2,1-3H3. The van der Waals surface area contributed by atoms with Crippen molar-refractivity contribution in [2.45, 2.75) is 20.3 Å². The van der Waals surface area contributed by atoms with Crippen LogP contribution in [0.15, 0.2) is 65.7 Å². The van der Waals surface area contributed by atoms with Crippen LogP contribution in [0.1, 0.15) is 29.3 Å². The lowest BCUT2D eigenvalue weighted by Crippen LogP contribution is -2.22. The van der Waals surface area contributed by atoms with Gasteiger partial charge in [0, 0.05) is 30.2 Å². The van der Waals surface area contributed by atoms with Crippen LogP contribution in [0.5, 0.6) is 0 Å². The van der Waals surface area contributed by atoms with Crippen LogP contribution in [-0.2, 0) is 13.5 Å². The van der Waals surface area contributed by atoms with Gasteiger partial charge in [-0.05, 0) is 43.0 Å². The molecule has 0 unspecified atom stereocenters. The minimum atomic E-state index is -0.0331. The van der Waals surface area contributed by atoms with Gasteiger partial charge in [0.1, 0.15) is 0 Å². The zero-order valence-corrected chi connectivity index (χ0v) is 16.2. The van der Waals surface area contributed by atoms with E-state index in [0.29, 0.717) is 5.39 Å². The van der Waals surface area contributed by atoms with Crippen molar-refractivity contribution in [3.8, 4) is 17.5 Å². The molecule has 28 heavy (non-hydrogen) atoms. The third-order valence-electron chi connectivity index (χ3n) is 4.82. The quantitative estimate of drug-likeness (QED) is 0.503. The second kappa shape index (κ2) is 7.21. The number of benzene rings is 2. The van der Waals surface area contributed by atoms with Gasteiger partial charge in [0.05, 0.1) is 17.1 Å². The van der Waals surface area contributed by atoms with Crippen LogP contribution in [0.25, 0.3) is 16.5 Å². The van der Waals surface area contributed by atoms with Crippen LogP contribution in [-0.4, -0.2) is 14.3 Å². The van der Waals surface area contributed by atoms with E-state index >= 15 is 0 Å². The summed E-state index contributed by atoms with van der Waals surface area (Å²) in [6.07, 6.45) is 4.35. The van der Waals surface area contributed by atoms with Crippen molar-refractivity contribution >= 4 is 10.8 Å². The van der Waals surface area contributed by atoms with Gasteiger partial charge in [-0.3, -0.25) is 14.0 Å². The van der Waals surface area contributed by atoms with Crippen LogP contribution in [0, 0.1) is 18.8 Å². The van der Waals surface area contributed by atoms with Crippen molar-refractivity contribution in [1.29, 1.82) is 0 Å². The average molecular weight is 367 g/mol. The van der Waals surface area contributed by atoms with E-state index in [0.717, 1.165) is 34.3 Å². The summed E-state index contributed by atoms with van der Waals surface area (Å²) in [7, 11) is 1.86. The van der Waals surface area contributed by atoms with Gasteiger partial charge in [0.25, 0.3) is 5.56 Å². The van der Waals surface area contributed by atoms with Crippen LogP contribution < -0.4 is 5.56 Å². The second-order valence-electron chi connectivity index (χ2n) is 6.89. The summed E-state index contributed by atoms with van der Waals surface area (Å²) in [5, 5.41) is 5.71. The van der Waals surface area contributed by atoms with E-state index in [4.69, 9.17) is 0 Å². The number of fused-ring (bicyclic) bond motifs is 1. The predicted molar refractivity (Wildman–Crippen MR) is 113 cm³/mol. The molecule has 0 amide bonds. The Hall–Kier alpha value is -3.58. The zero-order chi connectivity index (χ0) is 19.7. The molecule has 0 N–H and O–H groups in total. The maximum absolute atomic E-state index is 13.5. The van der Waals surface area contributed by atoms with Gasteiger partial charge in [0.15, 0.2) is 0 Å². The summed E-state index contributed by atoms with van der Waals surface area (Å²) in [5.74, 6) is 6.28. The van der Waals surface area contributed by atoms with Crippen LogP contribution in [0.4, 0.5) is 0 Å². The molecule has 0 saturated carbocycles. The molecule has 2 aromatic carbocycles. The van der Waals surface area contributed by atoms with Gasteiger partial charge in [-0.15, -0.1) is 0 Å². The Bertz CT molecular complexity index is 1280. The van der Waals surface area contributed by atoms with Crippen molar-refractivity contribution in [3.05, 3.63) is 93.7 Å². The fourth-order valence-electron chi connectivity index (χ4n) is 3.38. The number of aryl methyl sites for hydroxylation is 3. The average Bonchev–Trinajstić information content (AvgIpc) is 3.12. The van der Waals surface area contributed by atoms with E-state index < -0.39 is 0 Å². The Labute approximate surface area is 164 Å². The lowest BCUT2D eigenvalue weighted by Gasteiger charge is -2.14. The smallest absolute Gasteiger partial charge is 0.264 e. The maximum atomic E-state index is 13.5. The summed E-state index contributed by atoms with van der Waals surface area (Å²) in [6.45, 7) is 4.11. The monoisotopic (exact) mass is 367 g/mol. The van der Waals surface area contributed by atoms with Crippen molar-refractivity contribution in [2.24, 2.45) is 7.05 Å². The van der Waals surface area contributed by atoms with Gasteiger partial charge in [0.2, 0.25) is 0 Å². The number of aromatic nitrogens is 3. The number of rotatable bonds is 2. The molecule has 0 aliphatic carbocycles. The van der Waals surface area contributed by atoms with Crippen LogP contribution in [0.3, 0.4) is 0 Å². The van der Waals surface area contributed by atoms with E-state index in [2.05, 4.69) is 29.9 Å². The summed E-state index contributed by atoms with van der Waals surface area (Å²) in [4.78, 5) is 13.5. The van der Waals surface area contributed by atoms with Gasteiger partial charge in [-0.1, -0.05) is 48.6 Å². The maximum Gasteiger partial charge on any atom is 0.264 e. The molecule has 0 bridgehead atoms. The molecule has 138 valence electrons. The molecule has 0 fully saturated rings. The summed E-state index contributed by atoms with van der Waals surface area (Å²) >= 11 is 0. The highest BCUT2D eigenvalue weighted by molar-refractivity contribution is 5.88. The Morgan fingerprint density at radius 2 is 1.86 bits per heavy atom. The summed E-state index contributed by atoms with van der Waals surface area (Å²) in [6, 6.07) is 16.0. The number of pyridine rings is 1. The Kier molecular flexibility index (Phi) is 4.58. The SMILES string of the molecule is CCc1cc2cccc(C#Cc3cnn(C)c3)c2c(=O)n1-c1ccc(C)cc1.